The van der Waals surface area contributed by atoms with Crippen molar-refractivity contribution >= 4 is 33.3 Å². The second-order valence-corrected chi connectivity index (χ2v) is 5.51. The van der Waals surface area contributed by atoms with E-state index in [9.17, 15) is 4.39 Å². The van der Waals surface area contributed by atoms with Crippen molar-refractivity contribution in [1.29, 1.82) is 0 Å². The standard InChI is InChI=1S/C12H15BrClFN2/c13-5-2-6-17(10-3-1-4-10)12-11(15)7-9(14)8-16-12/h7-8,10H,1-6H2. The minimum absolute atomic E-state index is 0.320. The first-order chi connectivity index (χ1) is 8.22. The van der Waals surface area contributed by atoms with Gasteiger partial charge in [-0.2, -0.15) is 0 Å². The molecule has 2 rings (SSSR count). The quantitative estimate of drug-likeness (QED) is 0.762. The van der Waals surface area contributed by atoms with Crippen molar-refractivity contribution in [2.45, 2.75) is 31.7 Å². The summed E-state index contributed by atoms with van der Waals surface area (Å²) < 4.78 is 13.8. The van der Waals surface area contributed by atoms with Gasteiger partial charge in [0.1, 0.15) is 0 Å². The molecule has 1 aromatic rings. The van der Waals surface area contributed by atoms with Crippen LogP contribution in [-0.2, 0) is 0 Å². The average molecular weight is 322 g/mol. The first-order valence-corrected chi connectivity index (χ1v) is 7.36. The molecule has 0 spiro atoms. The van der Waals surface area contributed by atoms with Gasteiger partial charge in [0.2, 0.25) is 0 Å². The molecule has 1 aliphatic carbocycles. The molecular weight excluding hydrogens is 307 g/mol. The number of halogens is 3. The van der Waals surface area contributed by atoms with E-state index in [2.05, 4.69) is 25.8 Å². The van der Waals surface area contributed by atoms with Gasteiger partial charge >= 0.3 is 0 Å². The summed E-state index contributed by atoms with van der Waals surface area (Å²) in [5, 5.41) is 1.27. The fraction of sp³-hybridized carbons (Fsp3) is 0.583. The number of alkyl halides is 1. The zero-order valence-electron chi connectivity index (χ0n) is 9.50. The first kappa shape index (κ1) is 13.1. The average Bonchev–Trinajstić information content (AvgIpc) is 2.22. The summed E-state index contributed by atoms with van der Waals surface area (Å²) in [6, 6.07) is 1.78. The Labute approximate surface area is 114 Å². The smallest absolute Gasteiger partial charge is 0.167 e. The Morgan fingerprint density at radius 3 is 2.82 bits per heavy atom. The van der Waals surface area contributed by atoms with Gasteiger partial charge in [-0.15, -0.1) is 0 Å². The highest BCUT2D eigenvalue weighted by molar-refractivity contribution is 9.09. The zero-order valence-corrected chi connectivity index (χ0v) is 11.8. The third kappa shape index (κ3) is 3.10. The number of hydrogen-bond donors (Lipinski definition) is 0. The molecule has 94 valence electrons. The Morgan fingerprint density at radius 2 is 2.29 bits per heavy atom. The summed E-state index contributed by atoms with van der Waals surface area (Å²) in [6.07, 6.45) is 5.99. The molecule has 0 atom stereocenters. The first-order valence-electron chi connectivity index (χ1n) is 5.86. The van der Waals surface area contributed by atoms with E-state index in [1.54, 1.807) is 0 Å². The molecule has 1 aromatic heterocycles. The second-order valence-electron chi connectivity index (χ2n) is 4.28. The van der Waals surface area contributed by atoms with Crippen LogP contribution in [0, 0.1) is 5.82 Å². The van der Waals surface area contributed by atoms with Crippen molar-refractivity contribution in [1.82, 2.24) is 4.98 Å². The van der Waals surface area contributed by atoms with E-state index in [1.165, 1.54) is 18.7 Å². The molecule has 0 amide bonds. The molecule has 0 N–H and O–H groups in total. The minimum Gasteiger partial charge on any atom is -0.351 e. The molecule has 1 aliphatic rings. The number of rotatable bonds is 5. The molecule has 1 saturated carbocycles. The summed E-state index contributed by atoms with van der Waals surface area (Å²) in [5.41, 5.74) is 0. The van der Waals surface area contributed by atoms with Crippen molar-refractivity contribution in [2.24, 2.45) is 0 Å². The number of aromatic nitrogens is 1. The van der Waals surface area contributed by atoms with Gasteiger partial charge in [-0.3, -0.25) is 0 Å². The van der Waals surface area contributed by atoms with Gasteiger partial charge in [-0.1, -0.05) is 27.5 Å². The molecule has 0 bridgehead atoms. The van der Waals surface area contributed by atoms with Crippen LogP contribution in [0.1, 0.15) is 25.7 Å². The largest absolute Gasteiger partial charge is 0.351 e. The highest BCUT2D eigenvalue weighted by Gasteiger charge is 2.27. The predicted octanol–water partition coefficient (Wildman–Crippen LogP) is 4.02. The topological polar surface area (TPSA) is 16.1 Å². The Morgan fingerprint density at radius 1 is 1.53 bits per heavy atom. The van der Waals surface area contributed by atoms with Crippen molar-refractivity contribution in [3.63, 3.8) is 0 Å². The van der Waals surface area contributed by atoms with E-state index in [-0.39, 0.29) is 5.82 Å². The summed E-state index contributed by atoms with van der Waals surface area (Å²) in [6.45, 7) is 0.835. The van der Waals surface area contributed by atoms with Crippen LogP contribution >= 0.6 is 27.5 Å². The van der Waals surface area contributed by atoms with Gasteiger partial charge in [0.05, 0.1) is 5.02 Å². The van der Waals surface area contributed by atoms with Crippen LogP contribution in [0.3, 0.4) is 0 Å². The third-order valence-corrected chi connectivity index (χ3v) is 3.88. The fourth-order valence-electron chi connectivity index (χ4n) is 2.01. The van der Waals surface area contributed by atoms with Crippen molar-refractivity contribution in [3.8, 4) is 0 Å². The molecule has 0 radical (unpaired) electrons. The molecular formula is C12H15BrClFN2. The molecule has 0 saturated heterocycles. The Hall–Kier alpha value is -0.350. The summed E-state index contributed by atoms with van der Waals surface area (Å²) in [5.74, 6) is 0.124. The van der Waals surface area contributed by atoms with Crippen molar-refractivity contribution in [3.05, 3.63) is 23.1 Å². The highest BCUT2D eigenvalue weighted by Crippen LogP contribution is 2.30. The fourth-order valence-corrected chi connectivity index (χ4v) is 2.40. The second kappa shape index (κ2) is 6.01. The van der Waals surface area contributed by atoms with E-state index in [0.717, 1.165) is 31.1 Å². The molecule has 5 heteroatoms. The van der Waals surface area contributed by atoms with E-state index < -0.39 is 0 Å². The van der Waals surface area contributed by atoms with Gasteiger partial charge in [-0.05, 0) is 31.7 Å². The Kier molecular flexibility index (Phi) is 4.62. The van der Waals surface area contributed by atoms with Gasteiger partial charge in [0, 0.05) is 24.1 Å². The van der Waals surface area contributed by atoms with E-state index in [0.29, 0.717) is 16.9 Å². The van der Waals surface area contributed by atoms with Crippen LogP contribution in [0.2, 0.25) is 5.02 Å². The minimum atomic E-state index is -0.320. The molecule has 0 unspecified atom stereocenters. The van der Waals surface area contributed by atoms with E-state index >= 15 is 0 Å². The SMILES string of the molecule is Fc1cc(Cl)cnc1N(CCCBr)C1CCC1. The zero-order chi connectivity index (χ0) is 12.3. The van der Waals surface area contributed by atoms with Crippen molar-refractivity contribution in [2.75, 3.05) is 16.8 Å². The number of nitrogens with zero attached hydrogens (tertiary/aromatic N) is 2. The Balaban J connectivity index is 2.17. The lowest BCUT2D eigenvalue weighted by Gasteiger charge is -2.38. The van der Waals surface area contributed by atoms with Gasteiger partial charge in [-0.25, -0.2) is 9.37 Å². The number of pyridine rings is 1. The predicted molar refractivity (Wildman–Crippen MR) is 72.6 cm³/mol. The number of hydrogen-bond acceptors (Lipinski definition) is 2. The normalized spacial score (nSPS) is 15.7. The third-order valence-electron chi connectivity index (χ3n) is 3.11. The summed E-state index contributed by atoms with van der Waals surface area (Å²) in [4.78, 5) is 6.22. The summed E-state index contributed by atoms with van der Waals surface area (Å²) in [7, 11) is 0. The van der Waals surface area contributed by atoms with Crippen LogP contribution in [0.15, 0.2) is 12.3 Å². The van der Waals surface area contributed by atoms with Crippen LogP contribution < -0.4 is 4.90 Å². The molecule has 0 aromatic carbocycles. The maximum atomic E-state index is 13.8. The van der Waals surface area contributed by atoms with Crippen molar-refractivity contribution < 1.29 is 4.39 Å². The number of anilines is 1. The van der Waals surface area contributed by atoms with Gasteiger partial charge in [0.25, 0.3) is 0 Å². The van der Waals surface area contributed by atoms with E-state index in [1.807, 2.05) is 0 Å². The Bertz CT molecular complexity index is 385. The molecule has 1 fully saturated rings. The monoisotopic (exact) mass is 320 g/mol. The molecule has 1 heterocycles. The highest BCUT2D eigenvalue weighted by atomic mass is 79.9. The van der Waals surface area contributed by atoms with Gasteiger partial charge in [0.15, 0.2) is 11.6 Å². The maximum absolute atomic E-state index is 13.8. The van der Waals surface area contributed by atoms with Crippen LogP contribution in [0.25, 0.3) is 0 Å². The molecule has 2 nitrogen and oxygen atoms in total. The van der Waals surface area contributed by atoms with Gasteiger partial charge < -0.3 is 4.90 Å². The van der Waals surface area contributed by atoms with Crippen LogP contribution in [0.5, 0.6) is 0 Å². The van der Waals surface area contributed by atoms with Crippen LogP contribution in [-0.4, -0.2) is 22.9 Å². The molecule has 17 heavy (non-hydrogen) atoms. The lowest BCUT2D eigenvalue weighted by molar-refractivity contribution is 0.380. The lowest BCUT2D eigenvalue weighted by Crippen LogP contribution is -2.42. The van der Waals surface area contributed by atoms with Crippen LogP contribution in [0.4, 0.5) is 10.2 Å². The van der Waals surface area contributed by atoms with E-state index in [4.69, 9.17) is 11.6 Å². The maximum Gasteiger partial charge on any atom is 0.167 e. The summed E-state index contributed by atoms with van der Waals surface area (Å²) >= 11 is 9.13. The lowest BCUT2D eigenvalue weighted by atomic mass is 9.91. The molecule has 0 aliphatic heterocycles.